The molecule has 1 N–H and O–H groups in total. The molecule has 1 aliphatic rings. The van der Waals surface area contributed by atoms with Gasteiger partial charge in [0.2, 0.25) is 0 Å². The number of halogens is 1. The van der Waals surface area contributed by atoms with Gasteiger partial charge in [0.05, 0.1) is 0 Å². The minimum absolute atomic E-state index is 0.169. The van der Waals surface area contributed by atoms with Gasteiger partial charge >= 0.3 is 0 Å². The van der Waals surface area contributed by atoms with E-state index in [1.165, 1.54) is 6.07 Å². The molecular weight excluding hydrogens is 359 g/mol. The van der Waals surface area contributed by atoms with E-state index in [-0.39, 0.29) is 17.1 Å². The van der Waals surface area contributed by atoms with E-state index in [0.717, 1.165) is 24.1 Å². The highest BCUT2D eigenvalue weighted by Crippen LogP contribution is 2.34. The number of benzene rings is 2. The average molecular weight is 380 g/mol. The Balaban J connectivity index is 1.53. The summed E-state index contributed by atoms with van der Waals surface area (Å²) in [5.41, 5.74) is 1.92. The molecule has 0 unspecified atom stereocenters. The van der Waals surface area contributed by atoms with Gasteiger partial charge in [0.15, 0.2) is 0 Å². The van der Waals surface area contributed by atoms with Gasteiger partial charge < -0.3 is 10.1 Å². The van der Waals surface area contributed by atoms with Crippen LogP contribution in [0, 0.1) is 5.82 Å². The summed E-state index contributed by atoms with van der Waals surface area (Å²) in [5, 5.41) is 10.6. The summed E-state index contributed by atoms with van der Waals surface area (Å²) in [4.78, 5) is 12.8. The van der Waals surface area contributed by atoms with Crippen molar-refractivity contribution in [1.82, 2.24) is 20.1 Å². The summed E-state index contributed by atoms with van der Waals surface area (Å²) < 4.78 is 21.0. The monoisotopic (exact) mass is 380 g/mol. The molecule has 0 atom stereocenters. The number of carbonyl (C=O) groups is 1. The standard InChI is InChI=1S/C21H21FN4O2/c22-18-5-2-4-17(12-18)21(7-9-28-10-8-21)13-23-20(27)16-3-1-6-19(11-16)26-14-24-25-15-26/h1-6,11-12,14-15H,7-10,13H2,(H,23,27). The number of ether oxygens (including phenoxy) is 1. The highest BCUT2D eigenvalue weighted by Gasteiger charge is 2.35. The fraction of sp³-hybridized carbons (Fsp3) is 0.286. The van der Waals surface area contributed by atoms with Crippen LogP contribution in [0.2, 0.25) is 0 Å². The van der Waals surface area contributed by atoms with Crippen LogP contribution in [-0.4, -0.2) is 40.4 Å². The highest BCUT2D eigenvalue weighted by atomic mass is 19.1. The minimum atomic E-state index is -0.331. The third-order valence-corrected chi connectivity index (χ3v) is 5.30. The lowest BCUT2D eigenvalue weighted by Gasteiger charge is -2.38. The zero-order valence-corrected chi connectivity index (χ0v) is 15.3. The lowest BCUT2D eigenvalue weighted by atomic mass is 9.74. The van der Waals surface area contributed by atoms with E-state index in [2.05, 4.69) is 15.5 Å². The Kier molecular flexibility index (Phi) is 5.16. The molecule has 1 aliphatic heterocycles. The first-order valence-corrected chi connectivity index (χ1v) is 9.23. The number of nitrogens with one attached hydrogen (secondary N) is 1. The van der Waals surface area contributed by atoms with Crippen LogP contribution in [0.5, 0.6) is 0 Å². The normalized spacial score (nSPS) is 15.9. The van der Waals surface area contributed by atoms with E-state index < -0.39 is 0 Å². The van der Waals surface area contributed by atoms with Gasteiger partial charge in [0.25, 0.3) is 5.91 Å². The smallest absolute Gasteiger partial charge is 0.251 e. The SMILES string of the molecule is O=C(NCC1(c2cccc(F)c2)CCOCC1)c1cccc(-n2cnnc2)c1. The van der Waals surface area contributed by atoms with Crippen molar-refractivity contribution in [3.63, 3.8) is 0 Å². The third-order valence-electron chi connectivity index (χ3n) is 5.30. The first-order valence-electron chi connectivity index (χ1n) is 9.23. The summed E-state index contributed by atoms with van der Waals surface area (Å²) in [7, 11) is 0. The maximum absolute atomic E-state index is 13.8. The van der Waals surface area contributed by atoms with E-state index >= 15 is 0 Å². The first-order chi connectivity index (χ1) is 13.7. The van der Waals surface area contributed by atoms with E-state index in [4.69, 9.17) is 4.74 Å². The maximum atomic E-state index is 13.8. The van der Waals surface area contributed by atoms with Gasteiger partial charge in [-0.05, 0) is 48.7 Å². The minimum Gasteiger partial charge on any atom is -0.381 e. The molecule has 6 nitrogen and oxygen atoms in total. The number of rotatable bonds is 5. The Morgan fingerprint density at radius 1 is 1.11 bits per heavy atom. The van der Waals surface area contributed by atoms with Crippen molar-refractivity contribution in [2.75, 3.05) is 19.8 Å². The van der Waals surface area contributed by atoms with Gasteiger partial charge in [0.1, 0.15) is 18.5 Å². The second kappa shape index (κ2) is 7.90. The van der Waals surface area contributed by atoms with Gasteiger partial charge in [-0.15, -0.1) is 10.2 Å². The van der Waals surface area contributed by atoms with Crippen LogP contribution in [-0.2, 0) is 10.2 Å². The molecule has 1 amide bonds. The average Bonchev–Trinajstić information content (AvgIpc) is 3.28. The molecule has 144 valence electrons. The Hall–Kier alpha value is -3.06. The van der Waals surface area contributed by atoms with Crippen molar-refractivity contribution in [2.45, 2.75) is 18.3 Å². The molecule has 0 spiro atoms. The van der Waals surface area contributed by atoms with E-state index in [1.807, 2.05) is 18.2 Å². The summed E-state index contributed by atoms with van der Waals surface area (Å²) in [6, 6.07) is 13.9. The zero-order chi connectivity index (χ0) is 19.4. The number of aromatic nitrogens is 3. The molecule has 3 aromatic rings. The number of hydrogen-bond donors (Lipinski definition) is 1. The van der Waals surface area contributed by atoms with Crippen molar-refractivity contribution in [3.05, 3.63) is 78.1 Å². The molecule has 1 aromatic heterocycles. The summed E-state index contributed by atoms with van der Waals surface area (Å²) in [6.45, 7) is 1.61. The highest BCUT2D eigenvalue weighted by molar-refractivity contribution is 5.94. The lowest BCUT2D eigenvalue weighted by Crippen LogP contribution is -2.44. The van der Waals surface area contributed by atoms with Crippen LogP contribution in [0.1, 0.15) is 28.8 Å². The van der Waals surface area contributed by atoms with Gasteiger partial charge in [0, 0.05) is 36.4 Å². The summed E-state index contributed by atoms with van der Waals surface area (Å²) in [6.07, 6.45) is 4.63. The van der Waals surface area contributed by atoms with Crippen LogP contribution in [0.3, 0.4) is 0 Å². The molecule has 2 aromatic carbocycles. The summed E-state index contributed by atoms with van der Waals surface area (Å²) >= 11 is 0. The molecule has 1 fully saturated rings. The van der Waals surface area contributed by atoms with Crippen LogP contribution in [0.15, 0.2) is 61.2 Å². The number of carbonyl (C=O) groups excluding carboxylic acids is 1. The third kappa shape index (κ3) is 3.80. The second-order valence-electron chi connectivity index (χ2n) is 7.01. The molecule has 2 heterocycles. The van der Waals surface area contributed by atoms with Gasteiger partial charge in [-0.2, -0.15) is 0 Å². The molecular formula is C21H21FN4O2. The van der Waals surface area contributed by atoms with Crippen molar-refractivity contribution >= 4 is 5.91 Å². The number of nitrogens with zero attached hydrogens (tertiary/aromatic N) is 3. The predicted molar refractivity (Wildman–Crippen MR) is 102 cm³/mol. The van der Waals surface area contributed by atoms with Crippen molar-refractivity contribution in [3.8, 4) is 5.69 Å². The first kappa shape index (κ1) is 18.3. The Morgan fingerprint density at radius 3 is 2.61 bits per heavy atom. The maximum Gasteiger partial charge on any atom is 0.251 e. The topological polar surface area (TPSA) is 69.0 Å². The van der Waals surface area contributed by atoms with Gasteiger partial charge in [-0.25, -0.2) is 4.39 Å². The van der Waals surface area contributed by atoms with Crippen LogP contribution >= 0.6 is 0 Å². The Bertz CT molecular complexity index is 953. The van der Waals surface area contributed by atoms with E-state index in [9.17, 15) is 9.18 Å². The quantitative estimate of drug-likeness (QED) is 0.739. The van der Waals surface area contributed by atoms with Crippen molar-refractivity contribution in [2.24, 2.45) is 0 Å². The second-order valence-corrected chi connectivity index (χ2v) is 7.01. The van der Waals surface area contributed by atoms with E-state index in [1.54, 1.807) is 41.5 Å². The molecule has 1 saturated heterocycles. The van der Waals surface area contributed by atoms with Crippen LogP contribution in [0.4, 0.5) is 4.39 Å². The van der Waals surface area contributed by atoms with Gasteiger partial charge in [-0.1, -0.05) is 18.2 Å². The fourth-order valence-electron chi connectivity index (χ4n) is 3.64. The molecule has 0 bridgehead atoms. The van der Waals surface area contributed by atoms with Crippen LogP contribution in [0.25, 0.3) is 5.69 Å². The lowest BCUT2D eigenvalue weighted by molar-refractivity contribution is 0.0486. The van der Waals surface area contributed by atoms with Crippen molar-refractivity contribution < 1.29 is 13.9 Å². The molecule has 0 saturated carbocycles. The molecule has 7 heteroatoms. The Labute approximate surface area is 162 Å². The summed E-state index contributed by atoms with van der Waals surface area (Å²) in [5.74, 6) is -0.437. The van der Waals surface area contributed by atoms with Crippen molar-refractivity contribution in [1.29, 1.82) is 0 Å². The Morgan fingerprint density at radius 2 is 1.86 bits per heavy atom. The predicted octanol–water partition coefficient (Wildman–Crippen LogP) is 2.88. The van der Waals surface area contributed by atoms with Crippen LogP contribution < -0.4 is 5.32 Å². The van der Waals surface area contributed by atoms with E-state index in [0.29, 0.717) is 25.3 Å². The zero-order valence-electron chi connectivity index (χ0n) is 15.3. The molecule has 28 heavy (non-hydrogen) atoms. The fourth-order valence-corrected chi connectivity index (χ4v) is 3.64. The number of hydrogen-bond acceptors (Lipinski definition) is 4. The largest absolute Gasteiger partial charge is 0.381 e. The van der Waals surface area contributed by atoms with Gasteiger partial charge in [-0.3, -0.25) is 9.36 Å². The molecule has 0 radical (unpaired) electrons. The molecule has 0 aliphatic carbocycles. The molecule has 4 rings (SSSR count). The number of amides is 1.